The normalized spacial score (nSPS) is 16.2. The summed E-state index contributed by atoms with van der Waals surface area (Å²) in [6.07, 6.45) is 2.84. The molecule has 3 rings (SSSR count). The van der Waals surface area contributed by atoms with Crippen molar-refractivity contribution >= 4 is 5.91 Å². The van der Waals surface area contributed by atoms with Crippen molar-refractivity contribution < 1.29 is 9.53 Å². The maximum atomic E-state index is 12.4. The van der Waals surface area contributed by atoms with Gasteiger partial charge in [0.15, 0.2) is 5.69 Å². The number of hydrogen-bond acceptors (Lipinski definition) is 5. The third-order valence-electron chi connectivity index (χ3n) is 5.04. The van der Waals surface area contributed by atoms with E-state index in [0.717, 1.165) is 43.6 Å². The molecule has 1 fully saturated rings. The van der Waals surface area contributed by atoms with E-state index in [1.165, 1.54) is 0 Å². The van der Waals surface area contributed by atoms with Gasteiger partial charge in [0.05, 0.1) is 17.8 Å². The van der Waals surface area contributed by atoms with E-state index >= 15 is 0 Å². The van der Waals surface area contributed by atoms with E-state index in [4.69, 9.17) is 4.74 Å². The van der Waals surface area contributed by atoms with Crippen LogP contribution < -0.4 is 10.6 Å². The standard InChI is InChI=1S/C20H29N5O2/c1-15-19(23-24-25(15)18-9-12-21-13-10-18)20(26)22-11-6-14-27-16(2)17-7-4-3-5-8-17/h3-5,7-8,16,18,21H,6,9-14H2,1-2H3,(H,22,26). The lowest BCUT2D eigenvalue weighted by Crippen LogP contribution is -2.30. The van der Waals surface area contributed by atoms with Gasteiger partial charge in [0.2, 0.25) is 0 Å². The quantitative estimate of drug-likeness (QED) is 0.697. The van der Waals surface area contributed by atoms with E-state index in [-0.39, 0.29) is 12.0 Å². The third kappa shape index (κ3) is 5.14. The Morgan fingerprint density at radius 2 is 2.07 bits per heavy atom. The molecule has 0 bridgehead atoms. The molecule has 2 N–H and O–H groups in total. The van der Waals surface area contributed by atoms with Crippen molar-refractivity contribution in [1.29, 1.82) is 0 Å². The van der Waals surface area contributed by atoms with Gasteiger partial charge >= 0.3 is 0 Å². The zero-order valence-electron chi connectivity index (χ0n) is 16.1. The molecule has 1 amide bonds. The molecule has 7 nitrogen and oxygen atoms in total. The van der Waals surface area contributed by atoms with Crippen molar-refractivity contribution in [3.63, 3.8) is 0 Å². The second-order valence-electron chi connectivity index (χ2n) is 6.98. The van der Waals surface area contributed by atoms with E-state index in [1.54, 1.807) is 0 Å². The molecular weight excluding hydrogens is 342 g/mol. The van der Waals surface area contributed by atoms with Gasteiger partial charge in [0.25, 0.3) is 5.91 Å². The minimum absolute atomic E-state index is 0.0500. The van der Waals surface area contributed by atoms with E-state index in [0.29, 0.717) is 24.9 Å². The van der Waals surface area contributed by atoms with Crippen molar-refractivity contribution in [2.75, 3.05) is 26.2 Å². The third-order valence-corrected chi connectivity index (χ3v) is 5.04. The van der Waals surface area contributed by atoms with Gasteiger partial charge in [0.1, 0.15) is 0 Å². The minimum atomic E-state index is -0.163. The number of carbonyl (C=O) groups excluding carboxylic acids is 1. The number of piperidine rings is 1. The van der Waals surface area contributed by atoms with Crippen LogP contribution in [0.25, 0.3) is 0 Å². The van der Waals surface area contributed by atoms with Crippen LogP contribution in [0.2, 0.25) is 0 Å². The molecule has 1 aromatic heterocycles. The zero-order chi connectivity index (χ0) is 19.1. The van der Waals surface area contributed by atoms with E-state index in [2.05, 4.69) is 33.1 Å². The molecule has 0 spiro atoms. The number of amides is 1. The molecule has 0 radical (unpaired) electrons. The Morgan fingerprint density at radius 3 is 2.81 bits per heavy atom. The molecule has 1 unspecified atom stereocenters. The molecule has 0 saturated carbocycles. The number of nitrogens with zero attached hydrogens (tertiary/aromatic N) is 3. The molecule has 2 heterocycles. The lowest BCUT2D eigenvalue weighted by atomic mass is 10.1. The van der Waals surface area contributed by atoms with E-state index < -0.39 is 0 Å². The Balaban J connectivity index is 1.41. The van der Waals surface area contributed by atoms with Crippen molar-refractivity contribution in [3.05, 3.63) is 47.3 Å². The predicted molar refractivity (Wildman–Crippen MR) is 104 cm³/mol. The van der Waals surface area contributed by atoms with E-state index in [1.807, 2.05) is 36.7 Å². The zero-order valence-corrected chi connectivity index (χ0v) is 16.1. The summed E-state index contributed by atoms with van der Waals surface area (Å²) >= 11 is 0. The summed E-state index contributed by atoms with van der Waals surface area (Å²) < 4.78 is 7.74. The average molecular weight is 371 g/mol. The second kappa shape index (κ2) is 9.62. The van der Waals surface area contributed by atoms with Gasteiger partial charge < -0.3 is 15.4 Å². The molecule has 1 aliphatic rings. The van der Waals surface area contributed by atoms with Gasteiger partial charge in [-0.1, -0.05) is 35.5 Å². The smallest absolute Gasteiger partial charge is 0.273 e. The van der Waals surface area contributed by atoms with Crippen LogP contribution in [0.5, 0.6) is 0 Å². The SMILES string of the molecule is Cc1c(C(=O)NCCCOC(C)c2ccccc2)nnn1C1CCNCC1. The largest absolute Gasteiger partial charge is 0.374 e. The molecule has 27 heavy (non-hydrogen) atoms. The molecule has 1 aromatic carbocycles. The van der Waals surface area contributed by atoms with Crippen LogP contribution in [0.3, 0.4) is 0 Å². The fourth-order valence-electron chi connectivity index (χ4n) is 3.39. The van der Waals surface area contributed by atoms with Gasteiger partial charge in [-0.3, -0.25) is 4.79 Å². The number of hydrogen-bond donors (Lipinski definition) is 2. The minimum Gasteiger partial charge on any atom is -0.374 e. The summed E-state index contributed by atoms with van der Waals surface area (Å²) in [5.41, 5.74) is 2.42. The summed E-state index contributed by atoms with van der Waals surface area (Å²) in [4.78, 5) is 12.4. The van der Waals surface area contributed by atoms with Crippen LogP contribution >= 0.6 is 0 Å². The second-order valence-corrected chi connectivity index (χ2v) is 6.98. The first-order valence-corrected chi connectivity index (χ1v) is 9.74. The monoisotopic (exact) mass is 371 g/mol. The number of benzene rings is 1. The number of nitrogens with one attached hydrogen (secondary N) is 2. The van der Waals surface area contributed by atoms with Crippen molar-refractivity contribution in [2.24, 2.45) is 0 Å². The highest BCUT2D eigenvalue weighted by atomic mass is 16.5. The first-order chi connectivity index (χ1) is 13.2. The molecule has 7 heteroatoms. The van der Waals surface area contributed by atoms with Crippen LogP contribution in [0.1, 0.15) is 60.1 Å². The topological polar surface area (TPSA) is 81.1 Å². The van der Waals surface area contributed by atoms with Crippen LogP contribution in [-0.4, -0.2) is 47.1 Å². The van der Waals surface area contributed by atoms with Crippen molar-refractivity contribution in [1.82, 2.24) is 25.6 Å². The van der Waals surface area contributed by atoms with Crippen molar-refractivity contribution in [2.45, 2.75) is 45.3 Å². The Morgan fingerprint density at radius 1 is 1.33 bits per heavy atom. The number of ether oxygens (including phenoxy) is 1. The van der Waals surface area contributed by atoms with Crippen LogP contribution in [0.4, 0.5) is 0 Å². The first kappa shape index (κ1) is 19.5. The summed E-state index contributed by atoms with van der Waals surface area (Å²) in [5.74, 6) is -0.163. The molecule has 1 atom stereocenters. The molecule has 1 aliphatic heterocycles. The lowest BCUT2D eigenvalue weighted by molar-refractivity contribution is 0.0634. The summed E-state index contributed by atoms with van der Waals surface area (Å²) in [6.45, 7) is 7.06. The van der Waals surface area contributed by atoms with Gasteiger partial charge in [-0.15, -0.1) is 5.10 Å². The Labute approximate surface area is 160 Å². The molecule has 2 aromatic rings. The molecular formula is C20H29N5O2. The van der Waals surface area contributed by atoms with Gasteiger partial charge in [0, 0.05) is 13.2 Å². The number of aromatic nitrogens is 3. The highest BCUT2D eigenvalue weighted by Gasteiger charge is 2.22. The Hall–Kier alpha value is -2.25. The van der Waals surface area contributed by atoms with Crippen molar-refractivity contribution in [3.8, 4) is 0 Å². The summed E-state index contributed by atoms with van der Waals surface area (Å²) in [6, 6.07) is 10.5. The molecule has 146 valence electrons. The Bertz CT molecular complexity index is 725. The number of rotatable bonds is 8. The highest BCUT2D eigenvalue weighted by molar-refractivity contribution is 5.93. The van der Waals surface area contributed by atoms with Crippen LogP contribution in [0.15, 0.2) is 30.3 Å². The maximum Gasteiger partial charge on any atom is 0.273 e. The molecule has 0 aliphatic carbocycles. The summed E-state index contributed by atoms with van der Waals surface area (Å²) in [7, 11) is 0. The fraction of sp³-hybridized carbons (Fsp3) is 0.550. The Kier molecular flexibility index (Phi) is 6.95. The van der Waals surface area contributed by atoms with Gasteiger partial charge in [-0.25, -0.2) is 4.68 Å². The van der Waals surface area contributed by atoms with Gasteiger partial charge in [-0.05, 0) is 51.8 Å². The molecule has 1 saturated heterocycles. The van der Waals surface area contributed by atoms with Crippen LogP contribution in [0, 0.1) is 6.92 Å². The predicted octanol–water partition coefficient (Wildman–Crippen LogP) is 2.41. The summed E-state index contributed by atoms with van der Waals surface area (Å²) in [5, 5.41) is 14.6. The van der Waals surface area contributed by atoms with E-state index in [9.17, 15) is 4.79 Å². The lowest BCUT2D eigenvalue weighted by Gasteiger charge is -2.23. The number of carbonyl (C=O) groups is 1. The van der Waals surface area contributed by atoms with Gasteiger partial charge in [-0.2, -0.15) is 0 Å². The first-order valence-electron chi connectivity index (χ1n) is 9.74. The maximum absolute atomic E-state index is 12.4. The van der Waals surface area contributed by atoms with Crippen LogP contribution in [-0.2, 0) is 4.74 Å². The fourth-order valence-corrected chi connectivity index (χ4v) is 3.39. The average Bonchev–Trinajstić information content (AvgIpc) is 3.10. The highest BCUT2D eigenvalue weighted by Crippen LogP contribution is 2.20.